The van der Waals surface area contributed by atoms with E-state index in [2.05, 4.69) is 10.4 Å². The summed E-state index contributed by atoms with van der Waals surface area (Å²) >= 11 is 1.78. The maximum atomic E-state index is 12.4. The van der Waals surface area contributed by atoms with E-state index in [1.165, 1.54) is 0 Å². The van der Waals surface area contributed by atoms with Crippen molar-refractivity contribution in [3.8, 4) is 0 Å². The molecule has 2 aliphatic rings. The molecule has 1 aromatic heterocycles. The Bertz CT molecular complexity index is 627. The molecular formula is C16H24N4O2S. The van der Waals surface area contributed by atoms with E-state index in [0.29, 0.717) is 18.9 Å². The number of fused-ring (bicyclic) bond motifs is 1. The van der Waals surface area contributed by atoms with Crippen LogP contribution in [0.25, 0.3) is 0 Å². The molecule has 23 heavy (non-hydrogen) atoms. The largest absolute Gasteiger partial charge is 0.334 e. The summed E-state index contributed by atoms with van der Waals surface area (Å²) in [5.41, 5.74) is 1.83. The molecule has 2 amide bonds. The molecule has 1 N–H and O–H groups in total. The Morgan fingerprint density at radius 3 is 2.48 bits per heavy atom. The van der Waals surface area contributed by atoms with Gasteiger partial charge in [-0.2, -0.15) is 16.9 Å². The quantitative estimate of drug-likeness (QED) is 0.799. The monoisotopic (exact) mass is 336 g/mol. The molecule has 2 aliphatic heterocycles. The normalized spacial score (nSPS) is 18.0. The molecule has 126 valence electrons. The minimum Gasteiger partial charge on any atom is -0.334 e. The minimum absolute atomic E-state index is 0.244. The predicted octanol–water partition coefficient (Wildman–Crippen LogP) is 2.34. The molecule has 3 rings (SSSR count). The van der Waals surface area contributed by atoms with Crippen molar-refractivity contribution in [2.24, 2.45) is 0 Å². The Kier molecular flexibility index (Phi) is 4.40. The Balaban J connectivity index is 1.82. The molecule has 1 aromatic rings. The van der Waals surface area contributed by atoms with Crippen LogP contribution in [0.4, 0.5) is 5.82 Å². The number of aromatic nitrogens is 2. The van der Waals surface area contributed by atoms with E-state index in [9.17, 15) is 9.59 Å². The van der Waals surface area contributed by atoms with Gasteiger partial charge in [-0.05, 0) is 40.0 Å². The number of hydrogen-bond acceptors (Lipinski definition) is 4. The van der Waals surface area contributed by atoms with Gasteiger partial charge in [-0.15, -0.1) is 0 Å². The van der Waals surface area contributed by atoms with Crippen LogP contribution < -0.4 is 5.32 Å². The second-order valence-electron chi connectivity index (χ2n) is 7.16. The average Bonchev–Trinajstić information content (AvgIpc) is 3.09. The molecule has 0 aromatic carbocycles. The second kappa shape index (κ2) is 6.19. The predicted molar refractivity (Wildman–Crippen MR) is 91.3 cm³/mol. The fourth-order valence-electron chi connectivity index (χ4n) is 3.03. The number of thioether (sulfide) groups is 1. The molecule has 0 radical (unpaired) electrons. The van der Waals surface area contributed by atoms with E-state index < -0.39 is 11.8 Å². The van der Waals surface area contributed by atoms with Crippen molar-refractivity contribution in [2.75, 3.05) is 18.4 Å². The van der Waals surface area contributed by atoms with E-state index in [-0.39, 0.29) is 5.54 Å². The summed E-state index contributed by atoms with van der Waals surface area (Å²) in [6.07, 6.45) is 3.09. The van der Waals surface area contributed by atoms with E-state index >= 15 is 0 Å². The van der Waals surface area contributed by atoms with Gasteiger partial charge in [0.1, 0.15) is 5.82 Å². The van der Waals surface area contributed by atoms with Crippen LogP contribution >= 0.6 is 11.8 Å². The number of amides is 2. The Morgan fingerprint density at radius 1 is 1.13 bits per heavy atom. The minimum atomic E-state index is -0.544. The number of anilines is 1. The lowest BCUT2D eigenvalue weighted by Crippen LogP contribution is -2.43. The van der Waals surface area contributed by atoms with Crippen LogP contribution in [-0.4, -0.2) is 39.6 Å². The first-order chi connectivity index (χ1) is 10.9. The van der Waals surface area contributed by atoms with E-state index in [0.717, 1.165) is 42.0 Å². The third-order valence-electron chi connectivity index (χ3n) is 4.26. The molecule has 1 fully saturated rings. The van der Waals surface area contributed by atoms with Crippen molar-refractivity contribution in [2.45, 2.75) is 57.1 Å². The highest BCUT2D eigenvalue weighted by Gasteiger charge is 2.31. The topological polar surface area (TPSA) is 67.2 Å². The zero-order valence-corrected chi connectivity index (χ0v) is 14.8. The standard InChI is InChI=1S/C16H24N4O2S/c1-16(2,3)20-13(11-9-23-10-12(11)18-20)17-14(21)15(22)19-7-5-4-6-8-19/h4-10H2,1-3H3,(H,17,21). The van der Waals surface area contributed by atoms with Crippen LogP contribution in [0.5, 0.6) is 0 Å². The molecular weight excluding hydrogens is 312 g/mol. The molecule has 7 heteroatoms. The Labute approximate surface area is 141 Å². The number of nitrogens with one attached hydrogen (secondary N) is 1. The highest BCUT2D eigenvalue weighted by Crippen LogP contribution is 2.37. The van der Waals surface area contributed by atoms with Crippen LogP contribution in [0.1, 0.15) is 51.3 Å². The Hall–Kier alpha value is -1.50. The van der Waals surface area contributed by atoms with Crippen LogP contribution in [0.2, 0.25) is 0 Å². The van der Waals surface area contributed by atoms with Crippen LogP contribution in [0, 0.1) is 0 Å². The van der Waals surface area contributed by atoms with Gasteiger partial charge in [-0.3, -0.25) is 9.59 Å². The fraction of sp³-hybridized carbons (Fsp3) is 0.688. The summed E-state index contributed by atoms with van der Waals surface area (Å²) in [6, 6.07) is 0. The Morgan fingerprint density at radius 2 is 1.83 bits per heavy atom. The van der Waals surface area contributed by atoms with Gasteiger partial charge < -0.3 is 10.2 Å². The molecule has 0 saturated carbocycles. The molecule has 3 heterocycles. The lowest BCUT2D eigenvalue weighted by Gasteiger charge is -2.27. The maximum absolute atomic E-state index is 12.4. The third-order valence-corrected chi connectivity index (χ3v) is 5.23. The first-order valence-electron chi connectivity index (χ1n) is 8.17. The second-order valence-corrected chi connectivity index (χ2v) is 8.14. The first kappa shape index (κ1) is 16.4. The van der Waals surface area contributed by atoms with E-state index in [1.807, 2.05) is 25.5 Å². The average molecular weight is 336 g/mol. The number of likely N-dealkylation sites (tertiary alicyclic amines) is 1. The number of piperidine rings is 1. The summed E-state index contributed by atoms with van der Waals surface area (Å²) < 4.78 is 1.85. The zero-order chi connectivity index (χ0) is 16.6. The molecule has 0 atom stereocenters. The molecule has 0 spiro atoms. The SMILES string of the molecule is CC(C)(C)n1nc2c(c1NC(=O)C(=O)N1CCCCC1)CSC2. The van der Waals surface area contributed by atoms with Crippen molar-refractivity contribution in [1.29, 1.82) is 0 Å². The van der Waals surface area contributed by atoms with Gasteiger partial charge in [0.15, 0.2) is 0 Å². The molecule has 1 saturated heterocycles. The summed E-state index contributed by atoms with van der Waals surface area (Å²) in [6.45, 7) is 7.50. The molecule has 0 aliphatic carbocycles. The van der Waals surface area contributed by atoms with Crippen molar-refractivity contribution in [3.63, 3.8) is 0 Å². The van der Waals surface area contributed by atoms with Crippen LogP contribution in [-0.2, 0) is 26.6 Å². The van der Waals surface area contributed by atoms with E-state index in [4.69, 9.17) is 0 Å². The summed E-state index contributed by atoms with van der Waals surface area (Å²) in [5.74, 6) is 1.41. The zero-order valence-electron chi connectivity index (χ0n) is 14.0. The fourth-order valence-corrected chi connectivity index (χ4v) is 4.06. The van der Waals surface area contributed by atoms with Crippen LogP contribution in [0.3, 0.4) is 0 Å². The maximum Gasteiger partial charge on any atom is 0.315 e. The summed E-state index contributed by atoms with van der Waals surface area (Å²) in [5, 5.41) is 7.49. The number of carbonyl (C=O) groups excluding carboxylic acids is 2. The van der Waals surface area contributed by atoms with Crippen molar-refractivity contribution < 1.29 is 9.59 Å². The van der Waals surface area contributed by atoms with Gasteiger partial charge >= 0.3 is 11.8 Å². The molecule has 6 nitrogen and oxygen atoms in total. The first-order valence-corrected chi connectivity index (χ1v) is 9.32. The third kappa shape index (κ3) is 3.24. The number of rotatable bonds is 1. The van der Waals surface area contributed by atoms with Gasteiger partial charge in [-0.25, -0.2) is 4.68 Å². The van der Waals surface area contributed by atoms with Gasteiger partial charge in [0.25, 0.3) is 0 Å². The van der Waals surface area contributed by atoms with Crippen molar-refractivity contribution in [1.82, 2.24) is 14.7 Å². The summed E-state index contributed by atoms with van der Waals surface area (Å²) in [4.78, 5) is 26.5. The molecule has 0 unspecified atom stereocenters. The van der Waals surface area contributed by atoms with Gasteiger partial charge in [-0.1, -0.05) is 0 Å². The van der Waals surface area contributed by atoms with Gasteiger partial charge in [0.05, 0.1) is 11.2 Å². The highest BCUT2D eigenvalue weighted by molar-refractivity contribution is 7.98. The lowest BCUT2D eigenvalue weighted by molar-refractivity contribution is -0.143. The van der Waals surface area contributed by atoms with Crippen molar-refractivity contribution >= 4 is 29.4 Å². The molecule has 0 bridgehead atoms. The van der Waals surface area contributed by atoms with E-state index in [1.54, 1.807) is 16.7 Å². The summed E-state index contributed by atoms with van der Waals surface area (Å²) in [7, 11) is 0. The number of carbonyl (C=O) groups is 2. The number of nitrogens with zero attached hydrogens (tertiary/aromatic N) is 3. The van der Waals surface area contributed by atoms with Gasteiger partial charge in [0.2, 0.25) is 0 Å². The highest BCUT2D eigenvalue weighted by atomic mass is 32.2. The smallest absolute Gasteiger partial charge is 0.315 e. The number of hydrogen-bond donors (Lipinski definition) is 1. The van der Waals surface area contributed by atoms with Crippen molar-refractivity contribution in [3.05, 3.63) is 11.3 Å². The van der Waals surface area contributed by atoms with Gasteiger partial charge in [0, 0.05) is 30.2 Å². The lowest BCUT2D eigenvalue weighted by atomic mass is 10.1. The van der Waals surface area contributed by atoms with Crippen LogP contribution in [0.15, 0.2) is 0 Å².